The van der Waals surface area contributed by atoms with Crippen LogP contribution in [0.4, 0.5) is 23.2 Å². The van der Waals surface area contributed by atoms with Crippen molar-refractivity contribution in [3.63, 3.8) is 0 Å². The number of carbonyl (C=O) groups excluding carboxylic acids is 2. The molecule has 1 heterocycles. The number of anilines is 1. The normalized spacial score (nSPS) is 18.6. The molecular formula is C22H24F4N4O2. The number of nitrogens with one attached hydrogen (secondary N) is 1. The number of Topliss-reactive ketones (excluding diaryl/α,β-unsaturated/α-hetero) is 1. The Morgan fingerprint density at radius 3 is 2.47 bits per heavy atom. The van der Waals surface area contributed by atoms with Gasteiger partial charge in [0.15, 0.2) is 11.5 Å². The number of aromatic nitrogens is 2. The Morgan fingerprint density at radius 2 is 1.88 bits per heavy atom. The number of nitrogens with zero attached hydrogens (tertiary/aromatic N) is 2. The molecule has 2 aliphatic rings. The molecule has 10 heteroatoms. The van der Waals surface area contributed by atoms with Gasteiger partial charge in [0.05, 0.1) is 28.2 Å². The summed E-state index contributed by atoms with van der Waals surface area (Å²) in [6.45, 7) is 3.56. The van der Waals surface area contributed by atoms with Gasteiger partial charge >= 0.3 is 6.18 Å². The number of halogens is 4. The van der Waals surface area contributed by atoms with Crippen LogP contribution in [-0.2, 0) is 12.6 Å². The lowest BCUT2D eigenvalue weighted by molar-refractivity contribution is -0.141. The molecule has 4 rings (SSSR count). The first kappa shape index (κ1) is 22.3. The Labute approximate surface area is 182 Å². The van der Waals surface area contributed by atoms with Crippen molar-refractivity contribution in [3.05, 3.63) is 40.5 Å². The zero-order chi connectivity index (χ0) is 23.4. The Hall–Kier alpha value is -2.91. The minimum Gasteiger partial charge on any atom is -0.382 e. The predicted molar refractivity (Wildman–Crippen MR) is 109 cm³/mol. The molecule has 1 fully saturated rings. The number of ketones is 1. The fraction of sp³-hybridized carbons (Fsp3) is 0.500. The van der Waals surface area contributed by atoms with Crippen LogP contribution in [0.1, 0.15) is 78.1 Å². The Morgan fingerprint density at radius 1 is 1.22 bits per heavy atom. The summed E-state index contributed by atoms with van der Waals surface area (Å²) >= 11 is 0. The maximum Gasteiger partial charge on any atom is 0.435 e. The molecule has 2 aromatic rings. The third kappa shape index (κ3) is 3.98. The standard InChI is InChI=1S/C22H24F4N4O2/c1-21(2)9-15-18(16(31)10-21)19(22(24,25)26)29-30(15)12-7-13(23)17(20(27)32)14(8-12)28-11-5-3-4-6-11/h7-8,11,28H,3-6,9-10H2,1-2H3,(H2,27,32). The van der Waals surface area contributed by atoms with Crippen molar-refractivity contribution in [2.24, 2.45) is 11.1 Å². The predicted octanol–water partition coefficient (Wildman–Crippen LogP) is 4.64. The molecule has 32 heavy (non-hydrogen) atoms. The van der Waals surface area contributed by atoms with Gasteiger partial charge < -0.3 is 11.1 Å². The molecule has 1 saturated carbocycles. The Bertz CT molecular complexity index is 1100. The number of benzene rings is 1. The summed E-state index contributed by atoms with van der Waals surface area (Å²) in [5.74, 6) is -2.59. The molecule has 0 atom stereocenters. The van der Waals surface area contributed by atoms with Crippen molar-refractivity contribution in [3.8, 4) is 5.69 Å². The average Bonchev–Trinajstić information content (AvgIpc) is 3.27. The second kappa shape index (κ2) is 7.60. The number of carbonyl (C=O) groups is 2. The van der Waals surface area contributed by atoms with E-state index in [0.717, 1.165) is 36.4 Å². The van der Waals surface area contributed by atoms with Gasteiger partial charge in [0.25, 0.3) is 5.91 Å². The van der Waals surface area contributed by atoms with E-state index in [1.54, 1.807) is 13.8 Å². The molecule has 0 aliphatic heterocycles. The van der Waals surface area contributed by atoms with Crippen molar-refractivity contribution in [2.45, 2.75) is 64.6 Å². The molecule has 1 aromatic heterocycles. The van der Waals surface area contributed by atoms with Crippen LogP contribution in [-0.4, -0.2) is 27.5 Å². The molecular weight excluding hydrogens is 428 g/mol. The monoisotopic (exact) mass is 452 g/mol. The number of fused-ring (bicyclic) bond motifs is 1. The van der Waals surface area contributed by atoms with Crippen LogP contribution in [0.15, 0.2) is 12.1 Å². The van der Waals surface area contributed by atoms with Gasteiger partial charge in [0.1, 0.15) is 5.82 Å². The summed E-state index contributed by atoms with van der Waals surface area (Å²) in [4.78, 5) is 24.5. The molecule has 2 aliphatic carbocycles. The van der Waals surface area contributed by atoms with Crippen LogP contribution >= 0.6 is 0 Å². The lowest BCUT2D eigenvalue weighted by atomic mass is 9.75. The summed E-state index contributed by atoms with van der Waals surface area (Å²) in [6, 6.07) is 2.31. The van der Waals surface area contributed by atoms with Crippen molar-refractivity contribution in [1.82, 2.24) is 9.78 Å². The van der Waals surface area contributed by atoms with E-state index in [2.05, 4.69) is 10.4 Å². The van der Waals surface area contributed by atoms with Gasteiger partial charge in [0, 0.05) is 18.5 Å². The zero-order valence-electron chi connectivity index (χ0n) is 17.8. The van der Waals surface area contributed by atoms with E-state index in [1.807, 2.05) is 0 Å². The summed E-state index contributed by atoms with van der Waals surface area (Å²) in [6.07, 6.45) is -1.14. The topological polar surface area (TPSA) is 90.0 Å². The van der Waals surface area contributed by atoms with Crippen LogP contribution in [0, 0.1) is 11.2 Å². The number of hydrogen-bond donors (Lipinski definition) is 2. The summed E-state index contributed by atoms with van der Waals surface area (Å²) < 4.78 is 57.0. The molecule has 0 unspecified atom stereocenters. The van der Waals surface area contributed by atoms with Crippen LogP contribution in [0.25, 0.3) is 5.69 Å². The maximum absolute atomic E-state index is 15.0. The van der Waals surface area contributed by atoms with Crippen molar-refractivity contribution in [1.29, 1.82) is 0 Å². The number of amides is 1. The lowest BCUT2D eigenvalue weighted by Crippen LogP contribution is -2.29. The van der Waals surface area contributed by atoms with Gasteiger partial charge in [0.2, 0.25) is 0 Å². The van der Waals surface area contributed by atoms with E-state index < -0.39 is 40.4 Å². The fourth-order valence-corrected chi connectivity index (χ4v) is 4.73. The SMILES string of the molecule is CC1(C)CC(=O)c2c(C(F)(F)F)nn(-c3cc(F)c(C(N)=O)c(NC4CCCC4)c3)c2C1. The van der Waals surface area contributed by atoms with Crippen LogP contribution in [0.2, 0.25) is 0 Å². The maximum atomic E-state index is 15.0. The van der Waals surface area contributed by atoms with Crippen LogP contribution in [0.3, 0.4) is 0 Å². The molecule has 6 nitrogen and oxygen atoms in total. The van der Waals surface area contributed by atoms with E-state index in [-0.39, 0.29) is 41.5 Å². The molecule has 172 valence electrons. The largest absolute Gasteiger partial charge is 0.435 e. The molecule has 0 radical (unpaired) electrons. The van der Waals surface area contributed by atoms with E-state index in [4.69, 9.17) is 5.73 Å². The molecule has 3 N–H and O–H groups in total. The van der Waals surface area contributed by atoms with Crippen LogP contribution in [0.5, 0.6) is 0 Å². The highest BCUT2D eigenvalue weighted by molar-refractivity contribution is 6.01. The number of rotatable bonds is 4. The number of nitrogens with two attached hydrogens (primary N) is 1. The highest BCUT2D eigenvalue weighted by Gasteiger charge is 2.45. The first-order valence-electron chi connectivity index (χ1n) is 10.5. The van der Waals surface area contributed by atoms with Gasteiger partial charge in [-0.3, -0.25) is 9.59 Å². The molecule has 0 spiro atoms. The zero-order valence-corrected chi connectivity index (χ0v) is 17.8. The van der Waals surface area contributed by atoms with E-state index in [1.165, 1.54) is 6.07 Å². The van der Waals surface area contributed by atoms with Gasteiger partial charge in [-0.25, -0.2) is 9.07 Å². The van der Waals surface area contributed by atoms with Crippen molar-refractivity contribution < 1.29 is 27.2 Å². The second-order valence-electron chi connectivity index (χ2n) is 9.36. The van der Waals surface area contributed by atoms with Crippen molar-refractivity contribution in [2.75, 3.05) is 5.32 Å². The first-order valence-corrected chi connectivity index (χ1v) is 10.5. The Balaban J connectivity index is 1.91. The Kier molecular flexibility index (Phi) is 5.29. The van der Waals surface area contributed by atoms with Gasteiger partial charge in [-0.15, -0.1) is 0 Å². The fourth-order valence-electron chi connectivity index (χ4n) is 4.73. The smallest absolute Gasteiger partial charge is 0.382 e. The van der Waals surface area contributed by atoms with Gasteiger partial charge in [-0.2, -0.15) is 18.3 Å². The highest BCUT2D eigenvalue weighted by Crippen LogP contribution is 2.42. The lowest BCUT2D eigenvalue weighted by Gasteiger charge is -2.29. The van der Waals surface area contributed by atoms with Gasteiger partial charge in [-0.1, -0.05) is 26.7 Å². The molecule has 1 aromatic carbocycles. The highest BCUT2D eigenvalue weighted by atomic mass is 19.4. The van der Waals surface area contributed by atoms with Gasteiger partial charge in [-0.05, 0) is 30.7 Å². The van der Waals surface area contributed by atoms with E-state index >= 15 is 0 Å². The number of primary amides is 1. The van der Waals surface area contributed by atoms with Crippen molar-refractivity contribution >= 4 is 17.4 Å². The molecule has 0 bridgehead atoms. The number of alkyl halides is 3. The minimum absolute atomic E-state index is 0.000494. The summed E-state index contributed by atoms with van der Waals surface area (Å²) in [7, 11) is 0. The second-order valence-corrected chi connectivity index (χ2v) is 9.36. The van der Waals surface area contributed by atoms with E-state index in [0.29, 0.717) is 0 Å². The minimum atomic E-state index is -4.84. The molecule has 1 amide bonds. The molecule has 0 saturated heterocycles. The summed E-state index contributed by atoms with van der Waals surface area (Å²) in [5, 5.41) is 6.81. The van der Waals surface area contributed by atoms with Crippen LogP contribution < -0.4 is 11.1 Å². The van der Waals surface area contributed by atoms with E-state index in [9.17, 15) is 27.2 Å². The third-order valence-electron chi connectivity index (χ3n) is 6.09. The third-order valence-corrected chi connectivity index (χ3v) is 6.09. The number of hydrogen-bond acceptors (Lipinski definition) is 4. The summed E-state index contributed by atoms with van der Waals surface area (Å²) in [5.41, 5.74) is 2.87. The quantitative estimate of drug-likeness (QED) is 0.662. The average molecular weight is 452 g/mol. The first-order chi connectivity index (χ1) is 14.9.